The molecule has 6 heteroatoms. The summed E-state index contributed by atoms with van der Waals surface area (Å²) < 4.78 is 12.0. The molecule has 4 rings (SSSR count). The van der Waals surface area contributed by atoms with E-state index in [9.17, 15) is 0 Å². The lowest BCUT2D eigenvalue weighted by atomic mass is 10.1. The minimum atomic E-state index is 0.546. The predicted octanol–water partition coefficient (Wildman–Crippen LogP) is 4.15. The van der Waals surface area contributed by atoms with Gasteiger partial charge in [0.1, 0.15) is 23.5 Å². The summed E-state index contributed by atoms with van der Waals surface area (Å²) in [5, 5.41) is 11.9. The Labute approximate surface area is 151 Å². The van der Waals surface area contributed by atoms with E-state index in [1.54, 1.807) is 13.4 Å². The monoisotopic (exact) mass is 346 g/mol. The van der Waals surface area contributed by atoms with Crippen molar-refractivity contribution in [2.24, 2.45) is 0 Å². The second kappa shape index (κ2) is 7.14. The van der Waals surface area contributed by atoms with E-state index >= 15 is 0 Å². The standard InChI is InChI=1S/C20H18N4O2/c1-25-18-9-7-17(8-10-18)24-19(15-5-3-2-4-6-15)13-20(22-24)21-14-16-11-12-26-23-16/h2-13H,14H2,1H3,(H,21,22). The van der Waals surface area contributed by atoms with Gasteiger partial charge in [0.15, 0.2) is 0 Å². The molecule has 0 aliphatic carbocycles. The Morgan fingerprint density at radius 2 is 1.85 bits per heavy atom. The van der Waals surface area contributed by atoms with Crippen molar-refractivity contribution in [3.63, 3.8) is 0 Å². The molecule has 0 radical (unpaired) electrons. The van der Waals surface area contributed by atoms with Crippen molar-refractivity contribution < 1.29 is 9.26 Å². The molecule has 0 unspecified atom stereocenters. The maximum absolute atomic E-state index is 5.25. The number of nitrogens with one attached hydrogen (secondary N) is 1. The van der Waals surface area contributed by atoms with Crippen LogP contribution < -0.4 is 10.1 Å². The quantitative estimate of drug-likeness (QED) is 0.568. The fourth-order valence-corrected chi connectivity index (χ4v) is 2.71. The highest BCUT2D eigenvalue weighted by atomic mass is 16.5. The number of aromatic nitrogens is 3. The third-order valence-corrected chi connectivity index (χ3v) is 4.04. The van der Waals surface area contributed by atoms with E-state index < -0.39 is 0 Å². The van der Waals surface area contributed by atoms with Gasteiger partial charge in [0.05, 0.1) is 25.0 Å². The molecule has 0 aliphatic rings. The molecular weight excluding hydrogens is 328 g/mol. The molecule has 4 aromatic rings. The normalized spacial score (nSPS) is 10.7. The van der Waals surface area contributed by atoms with Gasteiger partial charge in [-0.05, 0) is 24.3 Å². The van der Waals surface area contributed by atoms with Crippen molar-refractivity contribution in [2.75, 3.05) is 12.4 Å². The van der Waals surface area contributed by atoms with Gasteiger partial charge >= 0.3 is 0 Å². The molecular formula is C20H18N4O2. The van der Waals surface area contributed by atoms with Crippen LogP contribution in [0.1, 0.15) is 5.69 Å². The Balaban J connectivity index is 1.70. The van der Waals surface area contributed by atoms with E-state index in [4.69, 9.17) is 14.4 Å². The average Bonchev–Trinajstić information content (AvgIpc) is 3.37. The van der Waals surface area contributed by atoms with Gasteiger partial charge in [-0.2, -0.15) is 0 Å². The van der Waals surface area contributed by atoms with Crippen LogP contribution in [0.4, 0.5) is 5.82 Å². The van der Waals surface area contributed by atoms with Gasteiger partial charge in [-0.3, -0.25) is 0 Å². The molecule has 0 atom stereocenters. The minimum Gasteiger partial charge on any atom is -0.497 e. The number of benzene rings is 2. The molecule has 0 aliphatic heterocycles. The largest absolute Gasteiger partial charge is 0.497 e. The van der Waals surface area contributed by atoms with Crippen LogP contribution in [-0.2, 0) is 6.54 Å². The fourth-order valence-electron chi connectivity index (χ4n) is 2.71. The topological polar surface area (TPSA) is 65.1 Å². The summed E-state index contributed by atoms with van der Waals surface area (Å²) in [7, 11) is 1.66. The van der Waals surface area contributed by atoms with Crippen molar-refractivity contribution in [2.45, 2.75) is 6.54 Å². The third-order valence-electron chi connectivity index (χ3n) is 4.04. The van der Waals surface area contributed by atoms with Gasteiger partial charge in [0.25, 0.3) is 0 Å². The van der Waals surface area contributed by atoms with Crippen LogP contribution in [-0.4, -0.2) is 22.0 Å². The van der Waals surface area contributed by atoms with Gasteiger partial charge in [0, 0.05) is 17.7 Å². The lowest BCUT2D eigenvalue weighted by Gasteiger charge is -2.08. The zero-order valence-corrected chi connectivity index (χ0v) is 14.3. The number of methoxy groups -OCH3 is 1. The molecule has 0 amide bonds. The first kappa shape index (κ1) is 16.0. The molecule has 0 saturated carbocycles. The van der Waals surface area contributed by atoms with Crippen LogP contribution in [0.15, 0.2) is 77.5 Å². The summed E-state index contributed by atoms with van der Waals surface area (Å²) in [5.74, 6) is 1.58. The number of nitrogens with zero attached hydrogens (tertiary/aromatic N) is 3. The zero-order chi connectivity index (χ0) is 17.8. The van der Waals surface area contributed by atoms with Crippen molar-refractivity contribution in [1.29, 1.82) is 0 Å². The van der Waals surface area contributed by atoms with Crippen molar-refractivity contribution >= 4 is 5.82 Å². The summed E-state index contributed by atoms with van der Waals surface area (Å²) in [6, 6.07) is 21.8. The van der Waals surface area contributed by atoms with Crippen molar-refractivity contribution in [3.05, 3.63) is 78.7 Å². The van der Waals surface area contributed by atoms with E-state index in [-0.39, 0.29) is 0 Å². The molecule has 2 aromatic carbocycles. The van der Waals surface area contributed by atoms with Crippen LogP contribution in [0.5, 0.6) is 5.75 Å². The molecule has 1 N–H and O–H groups in total. The highest BCUT2D eigenvalue weighted by Gasteiger charge is 2.12. The van der Waals surface area contributed by atoms with Crippen molar-refractivity contribution in [3.8, 4) is 22.7 Å². The highest BCUT2D eigenvalue weighted by Crippen LogP contribution is 2.27. The molecule has 130 valence electrons. The maximum atomic E-state index is 5.25. The Kier molecular flexibility index (Phi) is 4.38. The summed E-state index contributed by atoms with van der Waals surface area (Å²) >= 11 is 0. The van der Waals surface area contributed by atoms with E-state index in [1.807, 2.05) is 59.3 Å². The Morgan fingerprint density at radius 3 is 2.54 bits per heavy atom. The number of hydrogen-bond donors (Lipinski definition) is 1. The average molecular weight is 346 g/mol. The smallest absolute Gasteiger partial charge is 0.149 e. The zero-order valence-electron chi connectivity index (χ0n) is 14.3. The third kappa shape index (κ3) is 3.30. The minimum absolute atomic E-state index is 0.546. The summed E-state index contributed by atoms with van der Waals surface area (Å²) in [6.45, 7) is 0.546. The first-order chi connectivity index (χ1) is 12.8. The number of anilines is 1. The lowest BCUT2D eigenvalue weighted by molar-refractivity contribution is 0.412. The number of hydrogen-bond acceptors (Lipinski definition) is 5. The Bertz CT molecular complexity index is 961. The molecule has 2 aromatic heterocycles. The Hall–Kier alpha value is -3.54. The molecule has 0 spiro atoms. The summed E-state index contributed by atoms with van der Waals surface area (Å²) in [4.78, 5) is 0. The van der Waals surface area contributed by atoms with E-state index in [0.29, 0.717) is 6.54 Å². The van der Waals surface area contributed by atoms with E-state index in [1.165, 1.54) is 0 Å². The van der Waals surface area contributed by atoms with Gasteiger partial charge < -0.3 is 14.6 Å². The SMILES string of the molecule is COc1ccc(-n2nc(NCc3ccon3)cc2-c2ccccc2)cc1. The summed E-state index contributed by atoms with van der Waals surface area (Å²) in [6.07, 6.45) is 1.56. The fraction of sp³-hybridized carbons (Fsp3) is 0.100. The number of ether oxygens (including phenoxy) is 1. The van der Waals surface area contributed by atoms with E-state index in [0.717, 1.165) is 34.2 Å². The van der Waals surface area contributed by atoms with Crippen LogP contribution >= 0.6 is 0 Å². The van der Waals surface area contributed by atoms with E-state index in [2.05, 4.69) is 22.6 Å². The van der Waals surface area contributed by atoms with Crippen molar-refractivity contribution in [1.82, 2.24) is 14.9 Å². The van der Waals surface area contributed by atoms with Gasteiger partial charge in [-0.1, -0.05) is 35.5 Å². The van der Waals surface area contributed by atoms with Gasteiger partial charge in [-0.15, -0.1) is 5.10 Å². The lowest BCUT2D eigenvalue weighted by Crippen LogP contribution is -2.02. The number of rotatable bonds is 6. The maximum Gasteiger partial charge on any atom is 0.149 e. The van der Waals surface area contributed by atoms with Gasteiger partial charge in [0.2, 0.25) is 0 Å². The summed E-state index contributed by atoms with van der Waals surface area (Å²) in [5.41, 5.74) is 3.87. The molecule has 26 heavy (non-hydrogen) atoms. The Morgan fingerprint density at radius 1 is 1.04 bits per heavy atom. The first-order valence-corrected chi connectivity index (χ1v) is 8.26. The van der Waals surface area contributed by atoms with Crippen LogP contribution in [0, 0.1) is 0 Å². The molecule has 0 saturated heterocycles. The molecule has 6 nitrogen and oxygen atoms in total. The molecule has 2 heterocycles. The van der Waals surface area contributed by atoms with Crippen LogP contribution in [0.2, 0.25) is 0 Å². The second-order valence-electron chi connectivity index (χ2n) is 5.74. The molecule has 0 bridgehead atoms. The second-order valence-corrected chi connectivity index (χ2v) is 5.74. The predicted molar refractivity (Wildman–Crippen MR) is 99.4 cm³/mol. The van der Waals surface area contributed by atoms with Crippen LogP contribution in [0.3, 0.4) is 0 Å². The first-order valence-electron chi connectivity index (χ1n) is 8.26. The highest BCUT2D eigenvalue weighted by molar-refractivity contribution is 5.66. The van der Waals surface area contributed by atoms with Crippen LogP contribution in [0.25, 0.3) is 16.9 Å². The van der Waals surface area contributed by atoms with Gasteiger partial charge in [-0.25, -0.2) is 4.68 Å². The molecule has 0 fully saturated rings.